The summed E-state index contributed by atoms with van der Waals surface area (Å²) in [5.74, 6) is 0.867. The van der Waals surface area contributed by atoms with Gasteiger partial charge in [-0.25, -0.2) is 0 Å². The van der Waals surface area contributed by atoms with Gasteiger partial charge in [0, 0.05) is 23.1 Å². The Labute approximate surface area is 193 Å². The smallest absolute Gasteiger partial charge is 0.254 e. The fourth-order valence-electron chi connectivity index (χ4n) is 4.35. The lowest BCUT2D eigenvalue weighted by Crippen LogP contribution is -2.32. The van der Waals surface area contributed by atoms with E-state index >= 15 is 0 Å². The zero-order valence-electron chi connectivity index (χ0n) is 19.0. The maximum Gasteiger partial charge on any atom is 0.254 e. The second-order valence-electron chi connectivity index (χ2n) is 8.44. The summed E-state index contributed by atoms with van der Waals surface area (Å²) in [5, 5.41) is 8.22. The van der Waals surface area contributed by atoms with E-state index in [0.29, 0.717) is 25.3 Å². The molecule has 5 heteroatoms. The van der Waals surface area contributed by atoms with Gasteiger partial charge in [-0.3, -0.25) is 9.89 Å². The average Bonchev–Trinajstić information content (AvgIpc) is 3.21. The van der Waals surface area contributed by atoms with Gasteiger partial charge in [-0.2, -0.15) is 5.10 Å². The zero-order chi connectivity index (χ0) is 22.8. The van der Waals surface area contributed by atoms with Crippen LogP contribution in [0.15, 0.2) is 72.9 Å². The number of ether oxygens (including phenoxy) is 1. The lowest BCUT2D eigenvalue weighted by Gasteiger charge is -2.20. The first-order chi connectivity index (χ1) is 16.1. The molecule has 4 aromatic rings. The van der Waals surface area contributed by atoms with Gasteiger partial charge >= 0.3 is 0 Å². The molecule has 3 aromatic carbocycles. The first kappa shape index (κ1) is 21.0. The molecule has 0 bridgehead atoms. The molecule has 5 rings (SSSR count). The number of nitrogens with zero attached hydrogens (tertiary/aromatic N) is 2. The number of nitrogens with one attached hydrogen (secondary N) is 1. The second kappa shape index (κ2) is 8.94. The summed E-state index contributed by atoms with van der Waals surface area (Å²) in [6.07, 6.45) is 5.01. The van der Waals surface area contributed by atoms with Crippen LogP contribution in [0.5, 0.6) is 5.75 Å². The summed E-state index contributed by atoms with van der Waals surface area (Å²) in [4.78, 5) is 15.2. The molecule has 0 atom stereocenters. The highest BCUT2D eigenvalue weighted by Crippen LogP contribution is 2.31. The third-order valence-electron chi connectivity index (χ3n) is 6.20. The minimum atomic E-state index is 0.0272. The van der Waals surface area contributed by atoms with Crippen LogP contribution >= 0.6 is 0 Å². The maximum atomic E-state index is 13.3. The van der Waals surface area contributed by atoms with Crippen molar-refractivity contribution in [2.24, 2.45) is 0 Å². The summed E-state index contributed by atoms with van der Waals surface area (Å²) < 4.78 is 5.97. The minimum Gasteiger partial charge on any atom is -0.491 e. The average molecular weight is 438 g/mol. The first-order valence-corrected chi connectivity index (χ1v) is 11.4. The molecule has 0 saturated carbocycles. The van der Waals surface area contributed by atoms with E-state index in [0.717, 1.165) is 45.3 Å². The number of aromatic amines is 1. The minimum absolute atomic E-state index is 0.0272. The lowest BCUT2D eigenvalue weighted by atomic mass is 10.0. The summed E-state index contributed by atoms with van der Waals surface area (Å²) in [5.41, 5.74) is 7.29. The molecule has 1 amide bonds. The van der Waals surface area contributed by atoms with E-state index in [1.54, 1.807) is 0 Å². The van der Waals surface area contributed by atoms with Gasteiger partial charge in [0.05, 0.1) is 18.3 Å². The summed E-state index contributed by atoms with van der Waals surface area (Å²) in [7, 11) is 0. The van der Waals surface area contributed by atoms with Gasteiger partial charge in [-0.1, -0.05) is 43.3 Å². The maximum absolute atomic E-state index is 13.3. The van der Waals surface area contributed by atoms with Crippen LogP contribution in [0.3, 0.4) is 0 Å². The molecule has 5 nitrogen and oxygen atoms in total. The third-order valence-corrected chi connectivity index (χ3v) is 6.20. The van der Waals surface area contributed by atoms with E-state index in [2.05, 4.69) is 60.5 Å². The quantitative estimate of drug-likeness (QED) is 0.421. The van der Waals surface area contributed by atoms with Crippen molar-refractivity contribution in [3.63, 3.8) is 0 Å². The zero-order valence-corrected chi connectivity index (χ0v) is 19.0. The van der Waals surface area contributed by atoms with Gasteiger partial charge in [0.15, 0.2) is 0 Å². The molecular formula is C28H27N3O2. The summed E-state index contributed by atoms with van der Waals surface area (Å²) in [6, 6.07) is 20.4. The highest BCUT2D eigenvalue weighted by atomic mass is 16.5. The molecule has 1 aliphatic rings. The monoisotopic (exact) mass is 437 g/mol. The van der Waals surface area contributed by atoms with E-state index in [1.807, 2.05) is 41.4 Å². The second-order valence-corrected chi connectivity index (χ2v) is 8.44. The molecule has 1 N–H and O–H groups in total. The van der Waals surface area contributed by atoms with Crippen molar-refractivity contribution in [2.75, 3.05) is 13.2 Å². The highest BCUT2D eigenvalue weighted by molar-refractivity contribution is 5.94. The fourth-order valence-corrected chi connectivity index (χ4v) is 4.35. The number of aromatic nitrogens is 2. The number of rotatable bonds is 4. The number of H-pyrrole nitrogens is 1. The predicted octanol–water partition coefficient (Wildman–Crippen LogP) is 6.08. The Bertz CT molecular complexity index is 1340. The molecule has 166 valence electrons. The van der Waals surface area contributed by atoms with Crippen LogP contribution in [0, 0.1) is 0 Å². The SMILES string of the molecule is CCC=C(C)c1ccc(C(=O)N2CCOc3ccc(-c4ccc5cn[nH]c5c4)cc3C2)cc1. The Morgan fingerprint density at radius 3 is 2.64 bits per heavy atom. The van der Waals surface area contributed by atoms with Crippen LogP contribution in [-0.4, -0.2) is 34.2 Å². The van der Waals surface area contributed by atoms with Gasteiger partial charge in [-0.15, -0.1) is 0 Å². The number of hydrogen-bond donors (Lipinski definition) is 1. The molecule has 33 heavy (non-hydrogen) atoms. The topological polar surface area (TPSA) is 58.2 Å². The Morgan fingerprint density at radius 2 is 1.82 bits per heavy atom. The third kappa shape index (κ3) is 4.27. The number of benzene rings is 3. The van der Waals surface area contributed by atoms with Crippen LogP contribution in [-0.2, 0) is 6.54 Å². The van der Waals surface area contributed by atoms with Crippen molar-refractivity contribution in [3.8, 4) is 16.9 Å². The van der Waals surface area contributed by atoms with Crippen LogP contribution in [0.4, 0.5) is 0 Å². The molecule has 0 saturated heterocycles. The lowest BCUT2D eigenvalue weighted by molar-refractivity contribution is 0.0733. The van der Waals surface area contributed by atoms with Crippen LogP contribution in [0.1, 0.15) is 41.8 Å². The first-order valence-electron chi connectivity index (χ1n) is 11.4. The van der Waals surface area contributed by atoms with Crippen molar-refractivity contribution in [1.29, 1.82) is 0 Å². The van der Waals surface area contributed by atoms with Gasteiger partial charge in [0.25, 0.3) is 5.91 Å². The van der Waals surface area contributed by atoms with Crippen LogP contribution in [0.25, 0.3) is 27.6 Å². The summed E-state index contributed by atoms with van der Waals surface area (Å²) in [6.45, 7) is 5.78. The fraction of sp³-hybridized carbons (Fsp3) is 0.214. The number of fused-ring (bicyclic) bond motifs is 2. The molecule has 0 radical (unpaired) electrons. The number of carbonyl (C=O) groups excluding carboxylic acids is 1. The van der Waals surface area contributed by atoms with Gasteiger partial charge in [0.2, 0.25) is 0 Å². The van der Waals surface area contributed by atoms with Crippen molar-refractivity contribution >= 4 is 22.4 Å². The van der Waals surface area contributed by atoms with Crippen molar-refractivity contribution in [2.45, 2.75) is 26.8 Å². The standard InChI is InChI=1S/C28H27N3O2/c1-3-4-19(2)20-5-7-21(8-6-20)28(32)31-13-14-33-27-12-11-22(15-25(27)18-31)23-9-10-24-17-29-30-26(24)16-23/h4-12,15-17H,3,13-14,18H2,1-2H3,(H,29,30). The van der Waals surface area contributed by atoms with Crippen molar-refractivity contribution < 1.29 is 9.53 Å². The highest BCUT2D eigenvalue weighted by Gasteiger charge is 2.21. The Balaban J connectivity index is 1.40. The molecule has 1 aromatic heterocycles. The van der Waals surface area contributed by atoms with E-state index in [-0.39, 0.29) is 5.91 Å². The predicted molar refractivity (Wildman–Crippen MR) is 132 cm³/mol. The van der Waals surface area contributed by atoms with E-state index in [1.165, 1.54) is 5.57 Å². The van der Waals surface area contributed by atoms with Crippen molar-refractivity contribution in [1.82, 2.24) is 15.1 Å². The Hall–Kier alpha value is -3.86. The molecule has 0 spiro atoms. The number of amides is 1. The van der Waals surface area contributed by atoms with E-state index in [9.17, 15) is 4.79 Å². The number of allylic oxidation sites excluding steroid dienone is 2. The molecule has 2 heterocycles. The van der Waals surface area contributed by atoms with E-state index < -0.39 is 0 Å². The van der Waals surface area contributed by atoms with Gasteiger partial charge in [-0.05, 0) is 65.9 Å². The molecule has 1 aliphatic heterocycles. The van der Waals surface area contributed by atoms with Crippen LogP contribution < -0.4 is 4.74 Å². The molecule has 0 unspecified atom stereocenters. The molecular weight excluding hydrogens is 410 g/mol. The van der Waals surface area contributed by atoms with E-state index in [4.69, 9.17) is 4.74 Å². The Morgan fingerprint density at radius 1 is 1.06 bits per heavy atom. The van der Waals surface area contributed by atoms with Gasteiger partial charge < -0.3 is 9.64 Å². The molecule has 0 fully saturated rings. The normalized spacial score (nSPS) is 14.0. The Kier molecular flexibility index (Phi) is 5.69. The number of hydrogen-bond acceptors (Lipinski definition) is 3. The number of carbonyl (C=O) groups is 1. The summed E-state index contributed by atoms with van der Waals surface area (Å²) >= 11 is 0. The largest absolute Gasteiger partial charge is 0.491 e. The molecule has 0 aliphatic carbocycles. The van der Waals surface area contributed by atoms with Gasteiger partial charge in [0.1, 0.15) is 12.4 Å². The van der Waals surface area contributed by atoms with Crippen molar-refractivity contribution in [3.05, 3.63) is 89.6 Å². The van der Waals surface area contributed by atoms with Crippen LogP contribution in [0.2, 0.25) is 0 Å².